The average molecular weight is 198 g/mol. The lowest BCUT2D eigenvalue weighted by molar-refractivity contribution is -0.146. The summed E-state index contributed by atoms with van der Waals surface area (Å²) in [6.45, 7) is 6.37. The first-order chi connectivity index (χ1) is 6.65. The number of unbranched alkanes of at least 4 members (excludes halogenated alkanes) is 1. The molecule has 0 fully saturated rings. The van der Waals surface area contributed by atoms with Gasteiger partial charge in [0.05, 0.1) is 13.0 Å². The fourth-order valence-corrected chi connectivity index (χ4v) is 1.28. The molecule has 1 heterocycles. The van der Waals surface area contributed by atoms with Gasteiger partial charge in [-0.05, 0) is 20.3 Å². The van der Waals surface area contributed by atoms with Crippen molar-refractivity contribution in [1.29, 1.82) is 0 Å². The molecule has 1 unspecified atom stereocenters. The third kappa shape index (κ3) is 2.84. The Balaban J connectivity index is 2.41. The highest BCUT2D eigenvalue weighted by molar-refractivity contribution is 5.95. The molecule has 1 aliphatic heterocycles. The standard InChI is InChI=1S/C11H18O3/c1-4-5-6-13-11-7-10(12)8(2)9(3)14-11/h11H,4-7H2,1-3H3. The summed E-state index contributed by atoms with van der Waals surface area (Å²) in [5.74, 6) is 0.831. The third-order valence-electron chi connectivity index (χ3n) is 2.41. The molecule has 1 rings (SSSR count). The number of ether oxygens (including phenoxy) is 2. The van der Waals surface area contributed by atoms with Gasteiger partial charge in [0, 0.05) is 5.57 Å². The zero-order chi connectivity index (χ0) is 10.6. The third-order valence-corrected chi connectivity index (χ3v) is 2.41. The summed E-state index contributed by atoms with van der Waals surface area (Å²) in [5.41, 5.74) is 0.723. The van der Waals surface area contributed by atoms with Crippen LogP contribution in [0.15, 0.2) is 11.3 Å². The Bertz CT molecular complexity index is 243. The SMILES string of the molecule is CCCCOC1CC(=O)C(C)=C(C)O1. The van der Waals surface area contributed by atoms with E-state index >= 15 is 0 Å². The molecule has 0 aromatic rings. The zero-order valence-electron chi connectivity index (χ0n) is 9.13. The molecule has 80 valence electrons. The average Bonchev–Trinajstić information content (AvgIpc) is 2.14. The summed E-state index contributed by atoms with van der Waals surface area (Å²) < 4.78 is 10.9. The van der Waals surface area contributed by atoms with Crippen molar-refractivity contribution in [2.75, 3.05) is 6.61 Å². The largest absolute Gasteiger partial charge is 0.469 e. The van der Waals surface area contributed by atoms with Crippen LogP contribution in [0.1, 0.15) is 40.0 Å². The molecule has 1 atom stereocenters. The molecule has 0 spiro atoms. The van der Waals surface area contributed by atoms with Crippen molar-refractivity contribution in [3.63, 3.8) is 0 Å². The van der Waals surface area contributed by atoms with E-state index in [4.69, 9.17) is 9.47 Å². The summed E-state index contributed by atoms with van der Waals surface area (Å²) in [5, 5.41) is 0. The molecule has 3 heteroatoms. The fraction of sp³-hybridized carbons (Fsp3) is 0.727. The highest BCUT2D eigenvalue weighted by Gasteiger charge is 2.24. The Morgan fingerprint density at radius 1 is 1.50 bits per heavy atom. The lowest BCUT2D eigenvalue weighted by Crippen LogP contribution is -2.27. The molecule has 0 aliphatic carbocycles. The van der Waals surface area contributed by atoms with Crippen LogP contribution in [-0.2, 0) is 14.3 Å². The molecule has 1 aliphatic rings. The molecular weight excluding hydrogens is 180 g/mol. The Kier molecular flexibility index (Phi) is 4.14. The Morgan fingerprint density at radius 3 is 2.79 bits per heavy atom. The number of carbonyl (C=O) groups is 1. The number of rotatable bonds is 4. The van der Waals surface area contributed by atoms with E-state index in [9.17, 15) is 4.79 Å². The molecule has 0 bridgehead atoms. The van der Waals surface area contributed by atoms with Crippen LogP contribution >= 0.6 is 0 Å². The van der Waals surface area contributed by atoms with Gasteiger partial charge < -0.3 is 9.47 Å². The van der Waals surface area contributed by atoms with E-state index in [2.05, 4.69) is 6.92 Å². The van der Waals surface area contributed by atoms with Gasteiger partial charge in [-0.2, -0.15) is 0 Å². The van der Waals surface area contributed by atoms with Crippen molar-refractivity contribution < 1.29 is 14.3 Å². The molecule has 3 nitrogen and oxygen atoms in total. The molecular formula is C11H18O3. The fourth-order valence-electron chi connectivity index (χ4n) is 1.28. The summed E-state index contributed by atoms with van der Waals surface area (Å²) in [4.78, 5) is 11.4. The number of ketones is 1. The van der Waals surface area contributed by atoms with Crippen molar-refractivity contribution in [3.05, 3.63) is 11.3 Å². The second kappa shape index (κ2) is 5.15. The van der Waals surface area contributed by atoms with Crippen LogP contribution in [0, 0.1) is 0 Å². The van der Waals surface area contributed by atoms with Crippen molar-refractivity contribution in [1.82, 2.24) is 0 Å². The van der Waals surface area contributed by atoms with E-state index in [-0.39, 0.29) is 12.1 Å². The van der Waals surface area contributed by atoms with Gasteiger partial charge >= 0.3 is 0 Å². The predicted octanol–water partition coefficient (Wildman–Crippen LogP) is 2.41. The van der Waals surface area contributed by atoms with Crippen LogP contribution in [0.4, 0.5) is 0 Å². The van der Waals surface area contributed by atoms with Gasteiger partial charge in [-0.1, -0.05) is 13.3 Å². The van der Waals surface area contributed by atoms with E-state index in [1.165, 1.54) is 0 Å². The van der Waals surface area contributed by atoms with Gasteiger partial charge in [0.2, 0.25) is 6.29 Å². The zero-order valence-corrected chi connectivity index (χ0v) is 9.13. The first-order valence-electron chi connectivity index (χ1n) is 5.14. The van der Waals surface area contributed by atoms with Gasteiger partial charge in [0.25, 0.3) is 0 Å². The molecule has 14 heavy (non-hydrogen) atoms. The number of carbonyl (C=O) groups excluding carboxylic acids is 1. The van der Waals surface area contributed by atoms with E-state index in [0.717, 1.165) is 18.4 Å². The topological polar surface area (TPSA) is 35.5 Å². The Labute approximate surface area is 85.1 Å². The monoisotopic (exact) mass is 198 g/mol. The maximum atomic E-state index is 11.4. The minimum Gasteiger partial charge on any atom is -0.469 e. The Morgan fingerprint density at radius 2 is 2.21 bits per heavy atom. The van der Waals surface area contributed by atoms with E-state index < -0.39 is 0 Å². The second-order valence-corrected chi connectivity index (χ2v) is 3.58. The molecule has 0 aromatic carbocycles. The number of allylic oxidation sites excluding steroid dienone is 2. The summed E-state index contributed by atoms with van der Waals surface area (Å²) in [6, 6.07) is 0. The van der Waals surface area contributed by atoms with Gasteiger partial charge in [-0.25, -0.2) is 0 Å². The molecule has 0 radical (unpaired) electrons. The van der Waals surface area contributed by atoms with Crippen molar-refractivity contribution in [3.8, 4) is 0 Å². The number of hydrogen-bond acceptors (Lipinski definition) is 3. The number of hydrogen-bond donors (Lipinski definition) is 0. The minimum atomic E-state index is -0.363. The van der Waals surface area contributed by atoms with Crippen LogP contribution in [0.5, 0.6) is 0 Å². The minimum absolute atomic E-state index is 0.134. The first kappa shape index (κ1) is 11.2. The summed E-state index contributed by atoms with van der Waals surface area (Å²) >= 11 is 0. The lowest BCUT2D eigenvalue weighted by Gasteiger charge is -2.24. The van der Waals surface area contributed by atoms with Crippen LogP contribution in [0.25, 0.3) is 0 Å². The van der Waals surface area contributed by atoms with Crippen LogP contribution in [0.3, 0.4) is 0 Å². The molecule has 0 amide bonds. The lowest BCUT2D eigenvalue weighted by atomic mass is 10.1. The predicted molar refractivity (Wildman–Crippen MR) is 53.7 cm³/mol. The molecule has 0 N–H and O–H groups in total. The number of Topliss-reactive ketones (excluding diaryl/α,β-unsaturated/α-hetero) is 1. The summed E-state index contributed by atoms with van der Waals surface area (Å²) in [6.07, 6.45) is 2.09. The highest BCUT2D eigenvalue weighted by atomic mass is 16.7. The summed E-state index contributed by atoms with van der Waals surface area (Å²) in [7, 11) is 0. The van der Waals surface area contributed by atoms with Gasteiger partial charge in [0.1, 0.15) is 5.76 Å². The van der Waals surface area contributed by atoms with Gasteiger partial charge in [0.15, 0.2) is 5.78 Å². The van der Waals surface area contributed by atoms with Crippen molar-refractivity contribution in [2.24, 2.45) is 0 Å². The van der Waals surface area contributed by atoms with Crippen molar-refractivity contribution >= 4 is 5.78 Å². The maximum Gasteiger partial charge on any atom is 0.206 e. The van der Waals surface area contributed by atoms with Crippen LogP contribution < -0.4 is 0 Å². The quantitative estimate of drug-likeness (QED) is 0.651. The van der Waals surface area contributed by atoms with E-state index in [1.54, 1.807) is 6.92 Å². The normalized spacial score (nSPS) is 22.5. The molecule has 0 saturated heterocycles. The Hall–Kier alpha value is -0.830. The smallest absolute Gasteiger partial charge is 0.206 e. The van der Waals surface area contributed by atoms with Crippen LogP contribution in [0.2, 0.25) is 0 Å². The molecule has 0 aromatic heterocycles. The second-order valence-electron chi connectivity index (χ2n) is 3.58. The highest BCUT2D eigenvalue weighted by Crippen LogP contribution is 2.20. The van der Waals surface area contributed by atoms with Crippen LogP contribution in [-0.4, -0.2) is 18.7 Å². The molecule has 0 saturated carbocycles. The maximum absolute atomic E-state index is 11.4. The van der Waals surface area contributed by atoms with Gasteiger partial charge in [-0.15, -0.1) is 0 Å². The van der Waals surface area contributed by atoms with Crippen molar-refractivity contribution in [2.45, 2.75) is 46.3 Å². The van der Waals surface area contributed by atoms with E-state index in [0.29, 0.717) is 18.8 Å². The van der Waals surface area contributed by atoms with Gasteiger partial charge in [-0.3, -0.25) is 4.79 Å². The van der Waals surface area contributed by atoms with E-state index in [1.807, 2.05) is 6.92 Å². The first-order valence-corrected chi connectivity index (χ1v) is 5.14.